The van der Waals surface area contributed by atoms with Gasteiger partial charge >= 0.3 is 0 Å². The molecule has 0 aliphatic heterocycles. The molecule has 0 bridgehead atoms. The minimum absolute atomic E-state index is 0.418. The first kappa shape index (κ1) is 15.9. The zero-order valence-electron chi connectivity index (χ0n) is 12.7. The van der Waals surface area contributed by atoms with Crippen molar-refractivity contribution < 1.29 is 9.47 Å². The predicted molar refractivity (Wildman–Crippen MR) is 87.3 cm³/mol. The number of nitrogens with two attached hydrogens (primary N) is 2. The maximum atomic E-state index is 5.81. The highest BCUT2D eigenvalue weighted by Gasteiger charge is 2.05. The molecule has 2 aromatic rings. The van der Waals surface area contributed by atoms with Crippen molar-refractivity contribution in [1.29, 1.82) is 0 Å². The molecule has 0 aliphatic carbocycles. The van der Waals surface area contributed by atoms with Crippen LogP contribution in [0.25, 0.3) is 0 Å². The first-order valence-corrected chi connectivity index (χ1v) is 6.80. The molecule has 4 N–H and O–H groups in total. The monoisotopic (exact) mass is 300 g/mol. The zero-order valence-corrected chi connectivity index (χ0v) is 12.7. The van der Waals surface area contributed by atoms with E-state index < -0.39 is 0 Å². The molecule has 0 saturated carbocycles. The molecule has 116 valence electrons. The van der Waals surface area contributed by atoms with Crippen LogP contribution in [0.4, 0.5) is 22.7 Å². The fourth-order valence-electron chi connectivity index (χ4n) is 2.03. The molecule has 0 aromatic heterocycles. The molecular formula is C16H20N4O2. The lowest BCUT2D eigenvalue weighted by atomic mass is 10.1. The van der Waals surface area contributed by atoms with Gasteiger partial charge in [-0.25, -0.2) is 0 Å². The summed E-state index contributed by atoms with van der Waals surface area (Å²) in [6.07, 6.45) is 0. The molecule has 0 spiro atoms. The highest BCUT2D eigenvalue weighted by atomic mass is 16.5. The van der Waals surface area contributed by atoms with Crippen molar-refractivity contribution in [3.05, 3.63) is 47.5 Å². The van der Waals surface area contributed by atoms with E-state index in [-0.39, 0.29) is 0 Å². The zero-order chi connectivity index (χ0) is 15.9. The predicted octanol–water partition coefficient (Wildman–Crippen LogP) is 3.56. The van der Waals surface area contributed by atoms with Gasteiger partial charge in [0.25, 0.3) is 0 Å². The molecule has 0 unspecified atom stereocenters. The van der Waals surface area contributed by atoms with E-state index in [1.807, 2.05) is 24.3 Å². The van der Waals surface area contributed by atoms with E-state index in [2.05, 4.69) is 10.2 Å². The van der Waals surface area contributed by atoms with Crippen LogP contribution in [0, 0.1) is 0 Å². The number of rotatable bonds is 6. The van der Waals surface area contributed by atoms with Crippen LogP contribution in [0.3, 0.4) is 0 Å². The van der Waals surface area contributed by atoms with Crippen LogP contribution in [0.1, 0.15) is 11.1 Å². The van der Waals surface area contributed by atoms with Crippen LogP contribution in [0.15, 0.2) is 46.6 Å². The fraction of sp³-hybridized carbons (Fsp3) is 0.250. The summed E-state index contributed by atoms with van der Waals surface area (Å²) in [7, 11) is 3.26. The summed E-state index contributed by atoms with van der Waals surface area (Å²) in [6, 6.07) is 10.9. The topological polar surface area (TPSA) is 95.2 Å². The van der Waals surface area contributed by atoms with Gasteiger partial charge in [-0.15, -0.1) is 0 Å². The van der Waals surface area contributed by atoms with E-state index in [0.29, 0.717) is 36.0 Å². The van der Waals surface area contributed by atoms with Gasteiger partial charge in [-0.2, -0.15) is 10.2 Å². The number of benzene rings is 2. The summed E-state index contributed by atoms with van der Waals surface area (Å²) >= 11 is 0. The van der Waals surface area contributed by atoms with Crippen LogP contribution in [0.2, 0.25) is 0 Å². The van der Waals surface area contributed by atoms with Crippen molar-refractivity contribution in [2.45, 2.75) is 13.2 Å². The molecule has 2 rings (SSSR count). The second kappa shape index (κ2) is 7.53. The van der Waals surface area contributed by atoms with Gasteiger partial charge in [-0.3, -0.25) is 0 Å². The van der Waals surface area contributed by atoms with Gasteiger partial charge in [0.05, 0.1) is 24.6 Å². The summed E-state index contributed by atoms with van der Waals surface area (Å²) in [5.41, 5.74) is 16.1. The van der Waals surface area contributed by atoms with Gasteiger partial charge < -0.3 is 20.9 Å². The van der Waals surface area contributed by atoms with Crippen LogP contribution in [-0.4, -0.2) is 14.2 Å². The Morgan fingerprint density at radius 2 is 1.36 bits per heavy atom. The fourth-order valence-corrected chi connectivity index (χ4v) is 2.03. The quantitative estimate of drug-likeness (QED) is 0.630. The lowest BCUT2D eigenvalue weighted by molar-refractivity contribution is 0.185. The number of methoxy groups -OCH3 is 2. The molecule has 0 aliphatic rings. The molecule has 0 saturated heterocycles. The minimum atomic E-state index is 0.418. The first-order valence-electron chi connectivity index (χ1n) is 6.80. The Labute approximate surface area is 129 Å². The summed E-state index contributed by atoms with van der Waals surface area (Å²) < 4.78 is 10.3. The molecule has 2 aromatic carbocycles. The third-order valence-electron chi connectivity index (χ3n) is 3.08. The van der Waals surface area contributed by atoms with E-state index in [1.165, 1.54) is 0 Å². The average molecular weight is 300 g/mol. The maximum Gasteiger partial charge on any atom is 0.0932 e. The SMILES string of the molecule is COCc1cc(N)ccc1N=Nc1cc(N)ccc1COC. The molecule has 6 nitrogen and oxygen atoms in total. The molecular weight excluding hydrogens is 280 g/mol. The largest absolute Gasteiger partial charge is 0.399 e. The average Bonchev–Trinajstić information content (AvgIpc) is 2.49. The van der Waals surface area contributed by atoms with Gasteiger partial charge in [-0.05, 0) is 30.3 Å². The highest BCUT2D eigenvalue weighted by Crippen LogP contribution is 2.28. The number of nitrogens with zero attached hydrogens (tertiary/aromatic N) is 2. The lowest BCUT2D eigenvalue weighted by Gasteiger charge is -2.07. The van der Waals surface area contributed by atoms with Crippen molar-refractivity contribution in [3.8, 4) is 0 Å². The standard InChI is InChI=1S/C16H20N4O2/c1-21-9-11-3-4-14(18)8-16(11)20-19-15-6-5-13(17)7-12(15)10-22-2/h3-8H,9-10,17-18H2,1-2H3. The summed E-state index contributed by atoms with van der Waals surface area (Å²) in [5, 5.41) is 8.60. The number of anilines is 2. The third kappa shape index (κ3) is 4.03. The molecule has 0 heterocycles. The van der Waals surface area contributed by atoms with E-state index in [1.54, 1.807) is 26.4 Å². The van der Waals surface area contributed by atoms with Gasteiger partial charge in [0.15, 0.2) is 0 Å². The van der Waals surface area contributed by atoms with E-state index >= 15 is 0 Å². The summed E-state index contributed by atoms with van der Waals surface area (Å²) in [6.45, 7) is 0.864. The summed E-state index contributed by atoms with van der Waals surface area (Å²) in [5.74, 6) is 0. The van der Waals surface area contributed by atoms with Crippen molar-refractivity contribution in [1.82, 2.24) is 0 Å². The van der Waals surface area contributed by atoms with Crippen molar-refractivity contribution >= 4 is 22.7 Å². The Balaban J connectivity index is 2.34. The van der Waals surface area contributed by atoms with Crippen molar-refractivity contribution in [3.63, 3.8) is 0 Å². The summed E-state index contributed by atoms with van der Waals surface area (Å²) in [4.78, 5) is 0. The van der Waals surface area contributed by atoms with Gasteiger partial charge in [0, 0.05) is 36.7 Å². The second-order valence-electron chi connectivity index (χ2n) is 4.84. The van der Waals surface area contributed by atoms with Gasteiger partial charge in [-0.1, -0.05) is 6.07 Å². The normalized spacial score (nSPS) is 11.2. The Bertz CT molecular complexity index is 671. The van der Waals surface area contributed by atoms with Crippen LogP contribution in [-0.2, 0) is 22.7 Å². The Kier molecular flexibility index (Phi) is 5.46. The highest BCUT2D eigenvalue weighted by molar-refractivity contribution is 5.57. The molecule has 6 heteroatoms. The number of ether oxygens (including phenoxy) is 2. The maximum absolute atomic E-state index is 5.81. The van der Waals surface area contributed by atoms with Crippen LogP contribution < -0.4 is 11.5 Å². The van der Waals surface area contributed by atoms with Crippen molar-refractivity contribution in [2.75, 3.05) is 25.7 Å². The third-order valence-corrected chi connectivity index (χ3v) is 3.08. The molecule has 0 amide bonds. The van der Waals surface area contributed by atoms with Crippen LogP contribution in [0.5, 0.6) is 0 Å². The number of azo groups is 1. The molecule has 0 radical (unpaired) electrons. The van der Waals surface area contributed by atoms with Gasteiger partial charge in [0.1, 0.15) is 0 Å². The Morgan fingerprint density at radius 1 is 0.773 bits per heavy atom. The van der Waals surface area contributed by atoms with Crippen molar-refractivity contribution in [2.24, 2.45) is 10.2 Å². The Morgan fingerprint density at radius 3 is 2.09 bits per heavy atom. The van der Waals surface area contributed by atoms with E-state index in [9.17, 15) is 0 Å². The first-order chi connectivity index (χ1) is 10.6. The van der Waals surface area contributed by atoms with Crippen LogP contribution >= 0.6 is 0 Å². The number of hydrogen-bond acceptors (Lipinski definition) is 6. The smallest absolute Gasteiger partial charge is 0.0932 e. The number of hydrogen-bond donors (Lipinski definition) is 2. The lowest BCUT2D eigenvalue weighted by Crippen LogP contribution is -1.92. The molecule has 0 atom stereocenters. The molecule has 0 fully saturated rings. The number of nitrogen functional groups attached to an aromatic ring is 2. The second-order valence-corrected chi connectivity index (χ2v) is 4.84. The molecule has 22 heavy (non-hydrogen) atoms. The Hall–Kier alpha value is -2.44. The minimum Gasteiger partial charge on any atom is -0.399 e. The van der Waals surface area contributed by atoms with Gasteiger partial charge in [0.2, 0.25) is 0 Å². The van der Waals surface area contributed by atoms with E-state index in [4.69, 9.17) is 20.9 Å². The van der Waals surface area contributed by atoms with E-state index in [0.717, 1.165) is 11.1 Å².